The van der Waals surface area contributed by atoms with Gasteiger partial charge in [-0.15, -0.1) is 0 Å². The molecule has 1 atom stereocenters. The van der Waals surface area contributed by atoms with Crippen LogP contribution in [0.4, 0.5) is 4.79 Å². The van der Waals surface area contributed by atoms with E-state index in [2.05, 4.69) is 29.4 Å². The topological polar surface area (TPSA) is 81.7 Å². The van der Waals surface area contributed by atoms with Crippen LogP contribution in [-0.4, -0.2) is 54.7 Å². The summed E-state index contributed by atoms with van der Waals surface area (Å²) in [5.41, 5.74) is 0. The third-order valence-electron chi connectivity index (χ3n) is 3.15. The third kappa shape index (κ3) is 9.30. The van der Waals surface area contributed by atoms with E-state index in [0.29, 0.717) is 32.0 Å². The second-order valence-electron chi connectivity index (χ2n) is 5.14. The van der Waals surface area contributed by atoms with Crippen molar-refractivity contribution in [3.63, 3.8) is 0 Å². The maximum absolute atomic E-state index is 11.4. The molecule has 2 amide bonds. The van der Waals surface area contributed by atoms with Crippen LogP contribution in [0.1, 0.15) is 33.6 Å². The largest absolute Gasteiger partial charge is 0.481 e. The summed E-state index contributed by atoms with van der Waals surface area (Å²) in [4.78, 5) is 24.1. The zero-order chi connectivity index (χ0) is 14.8. The van der Waals surface area contributed by atoms with Crippen molar-refractivity contribution in [1.82, 2.24) is 15.5 Å². The molecule has 0 bridgehead atoms. The number of rotatable bonds is 9. The summed E-state index contributed by atoms with van der Waals surface area (Å²) in [5, 5.41) is 14.2. The Labute approximate surface area is 115 Å². The molecule has 1 unspecified atom stereocenters. The van der Waals surface area contributed by atoms with E-state index in [4.69, 9.17) is 5.11 Å². The van der Waals surface area contributed by atoms with Crippen molar-refractivity contribution >= 4 is 12.0 Å². The Balaban J connectivity index is 3.53. The number of carbonyl (C=O) groups is 2. The van der Waals surface area contributed by atoms with E-state index >= 15 is 0 Å². The van der Waals surface area contributed by atoms with Crippen LogP contribution in [0.15, 0.2) is 0 Å². The van der Waals surface area contributed by atoms with E-state index in [-0.39, 0.29) is 11.9 Å². The molecule has 0 aromatic rings. The standard InChI is InChI=1S/C13H27N3O3/c1-10(2)16(4)9-8-15-13(19)14-7-5-6-11(3)12(17)18/h10-11H,5-9H2,1-4H3,(H,17,18)(H2,14,15,19). The quantitative estimate of drug-likeness (QED) is 0.550. The van der Waals surface area contributed by atoms with Crippen LogP contribution in [0.25, 0.3) is 0 Å². The first-order valence-corrected chi connectivity index (χ1v) is 6.79. The second kappa shape index (κ2) is 9.61. The molecule has 0 aliphatic rings. The summed E-state index contributed by atoms with van der Waals surface area (Å²) in [7, 11) is 2.01. The van der Waals surface area contributed by atoms with Gasteiger partial charge in [0.2, 0.25) is 0 Å². The number of nitrogens with one attached hydrogen (secondary N) is 2. The Bertz CT molecular complexity index is 282. The highest BCUT2D eigenvalue weighted by molar-refractivity contribution is 5.73. The van der Waals surface area contributed by atoms with Crippen molar-refractivity contribution in [2.75, 3.05) is 26.7 Å². The van der Waals surface area contributed by atoms with Gasteiger partial charge in [-0.1, -0.05) is 6.92 Å². The lowest BCUT2D eigenvalue weighted by molar-refractivity contribution is -0.141. The molecule has 3 N–H and O–H groups in total. The van der Waals surface area contributed by atoms with E-state index < -0.39 is 5.97 Å². The zero-order valence-corrected chi connectivity index (χ0v) is 12.4. The summed E-state index contributed by atoms with van der Waals surface area (Å²) in [5.74, 6) is -1.15. The zero-order valence-electron chi connectivity index (χ0n) is 12.4. The van der Waals surface area contributed by atoms with Crippen LogP contribution in [0.2, 0.25) is 0 Å². The van der Waals surface area contributed by atoms with E-state index in [1.807, 2.05) is 7.05 Å². The summed E-state index contributed by atoms with van der Waals surface area (Å²) in [6.07, 6.45) is 1.25. The normalized spacial score (nSPS) is 12.5. The summed E-state index contributed by atoms with van der Waals surface area (Å²) in [6, 6.07) is 0.266. The van der Waals surface area contributed by atoms with Crippen LogP contribution in [0, 0.1) is 5.92 Å². The smallest absolute Gasteiger partial charge is 0.314 e. The second-order valence-corrected chi connectivity index (χ2v) is 5.14. The Hall–Kier alpha value is -1.30. The molecule has 0 aliphatic heterocycles. The number of aliphatic carboxylic acids is 1. The molecule has 6 heteroatoms. The van der Waals surface area contributed by atoms with Crippen LogP contribution in [-0.2, 0) is 4.79 Å². The maximum Gasteiger partial charge on any atom is 0.314 e. The van der Waals surface area contributed by atoms with E-state index in [1.165, 1.54) is 0 Å². The molecule has 0 aliphatic carbocycles. The lowest BCUT2D eigenvalue weighted by atomic mass is 10.1. The van der Waals surface area contributed by atoms with Crippen molar-refractivity contribution in [2.24, 2.45) is 5.92 Å². The van der Waals surface area contributed by atoms with Gasteiger partial charge in [0.1, 0.15) is 0 Å². The highest BCUT2D eigenvalue weighted by atomic mass is 16.4. The number of likely N-dealkylation sites (N-methyl/N-ethyl adjacent to an activating group) is 1. The third-order valence-corrected chi connectivity index (χ3v) is 3.15. The Morgan fingerprint density at radius 2 is 1.74 bits per heavy atom. The Morgan fingerprint density at radius 3 is 2.26 bits per heavy atom. The molecule has 0 rings (SSSR count). The SMILES string of the molecule is CC(CCCNC(=O)NCCN(C)C(C)C)C(=O)O. The molecule has 0 saturated heterocycles. The average Bonchev–Trinajstić information content (AvgIpc) is 2.33. The van der Waals surface area contributed by atoms with Crippen LogP contribution in [0.5, 0.6) is 0 Å². The van der Waals surface area contributed by atoms with Gasteiger partial charge in [-0.2, -0.15) is 0 Å². The van der Waals surface area contributed by atoms with Gasteiger partial charge in [-0.3, -0.25) is 4.79 Å². The summed E-state index contributed by atoms with van der Waals surface area (Å²) in [6.45, 7) is 7.79. The lowest BCUT2D eigenvalue weighted by Crippen LogP contribution is -2.41. The predicted molar refractivity (Wildman–Crippen MR) is 75.2 cm³/mol. The summed E-state index contributed by atoms with van der Waals surface area (Å²) < 4.78 is 0. The number of carboxylic acids is 1. The molecule has 6 nitrogen and oxygen atoms in total. The minimum absolute atomic E-state index is 0.194. The first kappa shape index (κ1) is 17.7. The summed E-state index contributed by atoms with van der Waals surface area (Å²) >= 11 is 0. The van der Waals surface area contributed by atoms with E-state index in [9.17, 15) is 9.59 Å². The van der Waals surface area contributed by atoms with E-state index in [0.717, 1.165) is 6.54 Å². The number of carbonyl (C=O) groups excluding carboxylic acids is 1. The van der Waals surface area contributed by atoms with Gasteiger partial charge < -0.3 is 20.6 Å². The van der Waals surface area contributed by atoms with Gasteiger partial charge in [0, 0.05) is 25.7 Å². The molecule has 19 heavy (non-hydrogen) atoms. The number of amides is 2. The lowest BCUT2D eigenvalue weighted by Gasteiger charge is -2.20. The minimum atomic E-state index is -0.791. The van der Waals surface area contributed by atoms with Gasteiger partial charge in [0.25, 0.3) is 0 Å². The number of hydrogen-bond donors (Lipinski definition) is 3. The van der Waals surface area contributed by atoms with Crippen molar-refractivity contribution in [3.8, 4) is 0 Å². The van der Waals surface area contributed by atoms with E-state index in [1.54, 1.807) is 6.92 Å². The van der Waals surface area contributed by atoms with Crippen molar-refractivity contribution < 1.29 is 14.7 Å². The Kier molecular flexibility index (Phi) is 8.95. The van der Waals surface area contributed by atoms with Crippen molar-refractivity contribution in [3.05, 3.63) is 0 Å². The number of urea groups is 1. The van der Waals surface area contributed by atoms with Crippen LogP contribution in [0.3, 0.4) is 0 Å². The fraction of sp³-hybridized carbons (Fsp3) is 0.846. The van der Waals surface area contributed by atoms with Gasteiger partial charge >= 0.3 is 12.0 Å². The predicted octanol–water partition coefficient (Wildman–Crippen LogP) is 1.13. The van der Waals surface area contributed by atoms with Crippen LogP contribution < -0.4 is 10.6 Å². The molecule has 0 aromatic heterocycles. The molecule has 112 valence electrons. The monoisotopic (exact) mass is 273 g/mol. The molecule has 0 radical (unpaired) electrons. The molecule has 0 fully saturated rings. The highest BCUT2D eigenvalue weighted by Crippen LogP contribution is 2.03. The van der Waals surface area contributed by atoms with Crippen molar-refractivity contribution in [1.29, 1.82) is 0 Å². The number of nitrogens with zero attached hydrogens (tertiary/aromatic N) is 1. The molecule has 0 heterocycles. The first-order valence-electron chi connectivity index (χ1n) is 6.79. The Morgan fingerprint density at radius 1 is 1.16 bits per heavy atom. The van der Waals surface area contributed by atoms with Gasteiger partial charge in [-0.05, 0) is 33.7 Å². The fourth-order valence-electron chi connectivity index (χ4n) is 1.40. The van der Waals surface area contributed by atoms with Gasteiger partial charge in [-0.25, -0.2) is 4.79 Å². The first-order chi connectivity index (χ1) is 8.84. The van der Waals surface area contributed by atoms with Crippen LogP contribution >= 0.6 is 0 Å². The minimum Gasteiger partial charge on any atom is -0.481 e. The molecule has 0 aromatic carbocycles. The number of carboxylic acid groups (broad SMARTS) is 1. The fourth-order valence-corrected chi connectivity index (χ4v) is 1.40. The average molecular weight is 273 g/mol. The molecule has 0 saturated carbocycles. The van der Waals surface area contributed by atoms with Gasteiger partial charge in [0.05, 0.1) is 5.92 Å². The highest BCUT2D eigenvalue weighted by Gasteiger charge is 2.10. The molecular weight excluding hydrogens is 246 g/mol. The number of hydrogen-bond acceptors (Lipinski definition) is 3. The molecular formula is C13H27N3O3. The van der Waals surface area contributed by atoms with Crippen molar-refractivity contribution in [2.45, 2.75) is 39.7 Å². The van der Waals surface area contributed by atoms with Gasteiger partial charge in [0.15, 0.2) is 0 Å². The maximum atomic E-state index is 11.4. The molecule has 0 spiro atoms.